The summed E-state index contributed by atoms with van der Waals surface area (Å²) in [5.74, 6) is -0.166. The molecule has 0 aliphatic heterocycles. The highest BCUT2D eigenvalue weighted by Crippen LogP contribution is 2.27. The molecule has 0 radical (unpaired) electrons. The molecular weight excluding hydrogens is 322 g/mol. The predicted molar refractivity (Wildman–Crippen MR) is 83.6 cm³/mol. The molecule has 1 unspecified atom stereocenters. The van der Waals surface area contributed by atoms with Crippen molar-refractivity contribution in [2.75, 3.05) is 0 Å². The van der Waals surface area contributed by atoms with Crippen molar-refractivity contribution in [2.24, 2.45) is 0 Å². The van der Waals surface area contributed by atoms with Crippen LogP contribution in [0.2, 0.25) is 5.02 Å². The lowest BCUT2D eigenvalue weighted by atomic mass is 10.1. The topological polar surface area (TPSA) is 72.7 Å². The first kappa shape index (κ1) is 14.7. The fourth-order valence-corrected chi connectivity index (χ4v) is 2.96. The van der Waals surface area contributed by atoms with Crippen molar-refractivity contribution in [1.82, 2.24) is 25.5 Å². The van der Waals surface area contributed by atoms with Crippen LogP contribution in [-0.2, 0) is 11.3 Å². The van der Waals surface area contributed by atoms with Crippen LogP contribution >= 0.6 is 22.9 Å². The smallest absolute Gasteiger partial charge is 0.242 e. The van der Waals surface area contributed by atoms with Crippen LogP contribution in [0.3, 0.4) is 0 Å². The average molecular weight is 334 g/mol. The number of amides is 1. The van der Waals surface area contributed by atoms with Gasteiger partial charge in [-0.2, -0.15) is 0 Å². The zero-order valence-electron chi connectivity index (χ0n) is 11.4. The van der Waals surface area contributed by atoms with Crippen molar-refractivity contribution in [2.45, 2.75) is 12.6 Å². The van der Waals surface area contributed by atoms with Gasteiger partial charge in [0.2, 0.25) is 5.91 Å². The molecule has 0 saturated heterocycles. The molecule has 1 amide bonds. The second-order valence-electron chi connectivity index (χ2n) is 4.57. The number of thiophene rings is 1. The number of nitrogens with one attached hydrogen (secondary N) is 1. The van der Waals surface area contributed by atoms with Crippen molar-refractivity contribution >= 4 is 28.8 Å². The minimum Gasteiger partial charge on any atom is -0.343 e. The van der Waals surface area contributed by atoms with Gasteiger partial charge in [-0.05, 0) is 39.6 Å². The molecule has 8 heteroatoms. The van der Waals surface area contributed by atoms with Crippen LogP contribution in [-0.4, -0.2) is 26.1 Å². The fourth-order valence-electron chi connectivity index (χ4n) is 2.04. The number of hydrogen-bond donors (Lipinski definition) is 1. The maximum absolute atomic E-state index is 12.2. The first-order chi connectivity index (χ1) is 10.7. The van der Waals surface area contributed by atoms with Gasteiger partial charge in [0, 0.05) is 9.90 Å². The number of tetrazole rings is 1. The number of rotatable bonds is 5. The number of carbonyl (C=O) groups is 1. The third kappa shape index (κ3) is 3.49. The minimum atomic E-state index is -0.221. The molecule has 0 saturated carbocycles. The van der Waals surface area contributed by atoms with E-state index in [1.54, 1.807) is 11.3 Å². The van der Waals surface area contributed by atoms with Gasteiger partial charge in [0.25, 0.3) is 0 Å². The SMILES string of the molecule is O=C(Cn1cnnn1)NC(c1ccc(Cl)cc1)c1cccs1. The van der Waals surface area contributed by atoms with Gasteiger partial charge in [0.05, 0.1) is 6.04 Å². The maximum atomic E-state index is 12.2. The Labute approximate surface area is 135 Å². The van der Waals surface area contributed by atoms with Gasteiger partial charge < -0.3 is 5.32 Å². The highest BCUT2D eigenvalue weighted by molar-refractivity contribution is 7.10. The molecule has 1 N–H and O–H groups in total. The second kappa shape index (κ2) is 6.67. The van der Waals surface area contributed by atoms with E-state index in [4.69, 9.17) is 11.6 Å². The van der Waals surface area contributed by atoms with Gasteiger partial charge in [-0.1, -0.05) is 29.8 Å². The van der Waals surface area contributed by atoms with E-state index >= 15 is 0 Å². The van der Waals surface area contributed by atoms with Crippen molar-refractivity contribution < 1.29 is 4.79 Å². The Morgan fingerprint density at radius 1 is 1.32 bits per heavy atom. The molecule has 6 nitrogen and oxygen atoms in total. The Morgan fingerprint density at radius 3 is 2.77 bits per heavy atom. The number of aromatic nitrogens is 4. The van der Waals surface area contributed by atoms with E-state index in [0.29, 0.717) is 5.02 Å². The summed E-state index contributed by atoms with van der Waals surface area (Å²) in [6.07, 6.45) is 1.40. The molecule has 2 heterocycles. The molecule has 2 aromatic heterocycles. The number of benzene rings is 1. The van der Waals surface area contributed by atoms with Crippen LogP contribution in [0.4, 0.5) is 0 Å². The molecule has 1 aromatic carbocycles. The number of halogens is 1. The fraction of sp³-hybridized carbons (Fsp3) is 0.143. The standard InChI is InChI=1S/C14H12ClN5OS/c15-11-5-3-10(4-6-11)14(12-2-1-7-22-12)17-13(21)8-20-9-16-18-19-20/h1-7,9,14H,8H2,(H,17,21). The van der Waals surface area contributed by atoms with Crippen molar-refractivity contribution in [3.8, 4) is 0 Å². The first-order valence-corrected chi connectivity index (χ1v) is 7.77. The molecule has 0 fully saturated rings. The molecule has 0 spiro atoms. The van der Waals surface area contributed by atoms with Gasteiger partial charge in [0.1, 0.15) is 12.9 Å². The highest BCUT2D eigenvalue weighted by Gasteiger charge is 2.18. The predicted octanol–water partition coefficient (Wildman–Crippen LogP) is 2.29. The highest BCUT2D eigenvalue weighted by atomic mass is 35.5. The summed E-state index contributed by atoms with van der Waals surface area (Å²) >= 11 is 7.52. The number of nitrogens with zero attached hydrogens (tertiary/aromatic N) is 4. The molecule has 3 aromatic rings. The van der Waals surface area contributed by atoms with Crippen LogP contribution in [0.25, 0.3) is 0 Å². The summed E-state index contributed by atoms with van der Waals surface area (Å²) < 4.78 is 1.38. The monoisotopic (exact) mass is 333 g/mol. The summed E-state index contributed by atoms with van der Waals surface area (Å²) in [7, 11) is 0. The number of carbonyl (C=O) groups excluding carboxylic acids is 1. The summed E-state index contributed by atoms with van der Waals surface area (Å²) in [5, 5.41) is 16.4. The lowest BCUT2D eigenvalue weighted by molar-refractivity contribution is -0.122. The Balaban J connectivity index is 1.80. The van der Waals surface area contributed by atoms with E-state index in [2.05, 4.69) is 20.8 Å². The number of hydrogen-bond acceptors (Lipinski definition) is 5. The zero-order chi connectivity index (χ0) is 15.4. The first-order valence-electron chi connectivity index (χ1n) is 6.51. The quantitative estimate of drug-likeness (QED) is 0.777. The Morgan fingerprint density at radius 2 is 2.14 bits per heavy atom. The Kier molecular flexibility index (Phi) is 4.45. The lowest BCUT2D eigenvalue weighted by Crippen LogP contribution is -2.32. The van der Waals surface area contributed by atoms with Gasteiger partial charge in [-0.15, -0.1) is 16.4 Å². The van der Waals surface area contributed by atoms with Crippen LogP contribution in [0.15, 0.2) is 48.1 Å². The van der Waals surface area contributed by atoms with Crippen LogP contribution < -0.4 is 5.32 Å². The second-order valence-corrected chi connectivity index (χ2v) is 5.99. The van der Waals surface area contributed by atoms with Crippen molar-refractivity contribution in [3.63, 3.8) is 0 Å². The summed E-state index contributed by atoms with van der Waals surface area (Å²) in [5.41, 5.74) is 0.969. The lowest BCUT2D eigenvalue weighted by Gasteiger charge is -2.18. The van der Waals surface area contributed by atoms with Crippen LogP contribution in [0.5, 0.6) is 0 Å². The maximum Gasteiger partial charge on any atom is 0.242 e. The third-order valence-corrected chi connectivity index (χ3v) is 4.22. The molecular formula is C14H12ClN5OS. The Hall–Kier alpha value is -2.25. The minimum absolute atomic E-state index is 0.0719. The van der Waals surface area contributed by atoms with E-state index in [1.165, 1.54) is 11.0 Å². The van der Waals surface area contributed by atoms with Gasteiger partial charge in [-0.25, -0.2) is 4.68 Å². The molecule has 3 rings (SSSR count). The van der Waals surface area contributed by atoms with Gasteiger partial charge in [0.15, 0.2) is 0 Å². The Bertz CT molecular complexity index is 727. The molecule has 0 bridgehead atoms. The average Bonchev–Trinajstić information content (AvgIpc) is 3.19. The molecule has 0 aliphatic carbocycles. The summed E-state index contributed by atoms with van der Waals surface area (Å²) in [6.45, 7) is 0.0719. The molecule has 0 aliphatic rings. The largest absolute Gasteiger partial charge is 0.343 e. The van der Waals surface area contributed by atoms with Gasteiger partial charge >= 0.3 is 0 Å². The van der Waals surface area contributed by atoms with E-state index in [0.717, 1.165) is 10.4 Å². The van der Waals surface area contributed by atoms with Crippen molar-refractivity contribution in [1.29, 1.82) is 0 Å². The molecule has 22 heavy (non-hydrogen) atoms. The van der Waals surface area contributed by atoms with Gasteiger partial charge in [-0.3, -0.25) is 4.79 Å². The van der Waals surface area contributed by atoms with E-state index in [1.807, 2.05) is 41.8 Å². The molecule has 112 valence electrons. The van der Waals surface area contributed by atoms with Crippen LogP contribution in [0.1, 0.15) is 16.5 Å². The normalized spacial score (nSPS) is 12.0. The summed E-state index contributed by atoms with van der Waals surface area (Å²) in [6, 6.07) is 11.2. The summed E-state index contributed by atoms with van der Waals surface area (Å²) in [4.78, 5) is 13.3. The molecule has 1 atom stereocenters. The zero-order valence-corrected chi connectivity index (χ0v) is 13.0. The van der Waals surface area contributed by atoms with E-state index < -0.39 is 0 Å². The van der Waals surface area contributed by atoms with E-state index in [-0.39, 0.29) is 18.5 Å². The van der Waals surface area contributed by atoms with E-state index in [9.17, 15) is 4.79 Å². The third-order valence-electron chi connectivity index (χ3n) is 3.03. The van der Waals surface area contributed by atoms with Crippen LogP contribution in [0, 0.1) is 0 Å². The van der Waals surface area contributed by atoms with Crippen molar-refractivity contribution in [3.05, 3.63) is 63.6 Å².